The van der Waals surface area contributed by atoms with Crippen molar-refractivity contribution < 1.29 is 27.8 Å². The van der Waals surface area contributed by atoms with Crippen LogP contribution in [0.3, 0.4) is 0 Å². The SMILES string of the molecule is O=C1Oc2cc(Oc3cccnn3)c(F)cc2C2(COC2)N1Cc1cccc(NSC2CC2)c1F. The van der Waals surface area contributed by atoms with E-state index in [4.69, 9.17) is 14.2 Å². The van der Waals surface area contributed by atoms with Gasteiger partial charge in [-0.3, -0.25) is 4.90 Å². The summed E-state index contributed by atoms with van der Waals surface area (Å²) in [5.41, 5.74) is 0.142. The third-order valence-electron chi connectivity index (χ3n) is 6.18. The molecule has 11 heteroatoms. The number of carbonyl (C=O) groups excluding carboxylic acids is 1. The van der Waals surface area contributed by atoms with Crippen molar-refractivity contribution in [2.45, 2.75) is 30.2 Å². The zero-order chi connectivity index (χ0) is 24.0. The Kier molecular flexibility index (Phi) is 5.45. The molecule has 1 saturated carbocycles. The van der Waals surface area contributed by atoms with Crippen LogP contribution in [0.15, 0.2) is 48.7 Å². The highest BCUT2D eigenvalue weighted by atomic mass is 32.2. The third-order valence-corrected chi connectivity index (χ3v) is 7.32. The molecule has 3 aromatic rings. The van der Waals surface area contributed by atoms with E-state index in [1.54, 1.807) is 24.3 Å². The topological polar surface area (TPSA) is 85.8 Å². The second kappa shape index (κ2) is 8.65. The molecule has 0 atom stereocenters. The van der Waals surface area contributed by atoms with Gasteiger partial charge in [-0.05, 0) is 43.0 Å². The molecular weight excluding hydrogens is 478 g/mol. The summed E-state index contributed by atoms with van der Waals surface area (Å²) in [5, 5.41) is 7.98. The summed E-state index contributed by atoms with van der Waals surface area (Å²) in [6, 6.07) is 10.7. The zero-order valence-corrected chi connectivity index (χ0v) is 19.2. The summed E-state index contributed by atoms with van der Waals surface area (Å²) in [5.74, 6) is -0.993. The van der Waals surface area contributed by atoms with Crippen LogP contribution in [0.1, 0.15) is 24.0 Å². The minimum atomic E-state index is -0.977. The molecule has 1 saturated heterocycles. The lowest BCUT2D eigenvalue weighted by Gasteiger charge is -2.51. The number of rotatable bonds is 7. The number of carbonyl (C=O) groups is 1. The van der Waals surface area contributed by atoms with E-state index in [-0.39, 0.29) is 37.1 Å². The Labute approximate surface area is 203 Å². The number of aromatic nitrogens is 2. The number of hydrogen-bond acceptors (Lipinski definition) is 8. The van der Waals surface area contributed by atoms with Crippen LogP contribution in [0.5, 0.6) is 17.4 Å². The summed E-state index contributed by atoms with van der Waals surface area (Å²) < 4.78 is 49.8. The lowest BCUT2D eigenvalue weighted by atomic mass is 9.84. The average Bonchev–Trinajstić information content (AvgIpc) is 3.65. The minimum absolute atomic E-state index is 0.0590. The van der Waals surface area contributed by atoms with E-state index >= 15 is 8.78 Å². The largest absolute Gasteiger partial charge is 0.434 e. The second-order valence-corrected chi connectivity index (χ2v) is 9.73. The fourth-order valence-corrected chi connectivity index (χ4v) is 4.91. The number of hydrogen-bond donors (Lipinski definition) is 1. The molecule has 2 aromatic carbocycles. The number of nitrogens with one attached hydrogen (secondary N) is 1. The molecule has 2 aliphatic heterocycles. The van der Waals surface area contributed by atoms with Crippen molar-refractivity contribution >= 4 is 23.7 Å². The summed E-state index contributed by atoms with van der Waals surface area (Å²) in [7, 11) is 0. The van der Waals surface area contributed by atoms with Crippen LogP contribution in [-0.2, 0) is 16.8 Å². The normalized spacial score (nSPS) is 18.0. The van der Waals surface area contributed by atoms with Gasteiger partial charge >= 0.3 is 6.09 Å². The van der Waals surface area contributed by atoms with Gasteiger partial charge < -0.3 is 18.9 Å². The van der Waals surface area contributed by atoms with Crippen LogP contribution in [-0.4, -0.2) is 39.7 Å². The number of ether oxygens (including phenoxy) is 3. The van der Waals surface area contributed by atoms with Crippen LogP contribution in [0, 0.1) is 11.6 Å². The molecule has 3 aliphatic rings. The van der Waals surface area contributed by atoms with Crippen molar-refractivity contribution in [2.24, 2.45) is 0 Å². The Hall–Kier alpha value is -3.44. The van der Waals surface area contributed by atoms with E-state index in [0.717, 1.165) is 12.8 Å². The van der Waals surface area contributed by atoms with Gasteiger partial charge in [0.2, 0.25) is 5.88 Å². The summed E-state index contributed by atoms with van der Waals surface area (Å²) in [6.07, 6.45) is 3.02. The van der Waals surface area contributed by atoms with E-state index in [1.807, 2.05) is 0 Å². The van der Waals surface area contributed by atoms with Gasteiger partial charge in [-0.2, -0.15) is 5.10 Å². The quantitative estimate of drug-likeness (QED) is 0.455. The molecule has 180 valence electrons. The van der Waals surface area contributed by atoms with Crippen molar-refractivity contribution in [1.82, 2.24) is 15.1 Å². The summed E-state index contributed by atoms with van der Waals surface area (Å²) in [4.78, 5) is 14.5. The van der Waals surface area contributed by atoms with Gasteiger partial charge in [-0.25, -0.2) is 13.6 Å². The first-order valence-corrected chi connectivity index (χ1v) is 12.0. The van der Waals surface area contributed by atoms with Crippen molar-refractivity contribution in [3.8, 4) is 17.4 Å². The molecule has 1 spiro atoms. The van der Waals surface area contributed by atoms with Gasteiger partial charge in [0.05, 0.1) is 25.4 Å². The lowest BCUT2D eigenvalue weighted by Crippen LogP contribution is -2.63. The van der Waals surface area contributed by atoms with Gasteiger partial charge in [-0.15, -0.1) is 5.10 Å². The highest BCUT2D eigenvalue weighted by molar-refractivity contribution is 8.01. The number of anilines is 1. The first-order valence-electron chi connectivity index (χ1n) is 11.1. The Balaban J connectivity index is 1.30. The molecule has 1 aromatic heterocycles. The van der Waals surface area contributed by atoms with Crippen LogP contribution >= 0.6 is 11.9 Å². The van der Waals surface area contributed by atoms with E-state index in [1.165, 1.54) is 41.2 Å². The monoisotopic (exact) mass is 498 g/mol. The van der Waals surface area contributed by atoms with Crippen LogP contribution in [0.4, 0.5) is 19.3 Å². The third kappa shape index (κ3) is 4.04. The van der Waals surface area contributed by atoms with E-state index in [0.29, 0.717) is 22.1 Å². The molecule has 35 heavy (non-hydrogen) atoms. The maximum absolute atomic E-state index is 15.2. The van der Waals surface area contributed by atoms with Crippen LogP contribution < -0.4 is 14.2 Å². The number of nitrogens with zero attached hydrogens (tertiary/aromatic N) is 3. The first-order chi connectivity index (χ1) is 17.0. The Bertz CT molecular complexity index is 1290. The maximum Gasteiger partial charge on any atom is 0.416 e. The smallest absolute Gasteiger partial charge is 0.416 e. The molecule has 8 nitrogen and oxygen atoms in total. The Morgan fingerprint density at radius 2 is 2.06 bits per heavy atom. The summed E-state index contributed by atoms with van der Waals surface area (Å²) in [6.45, 7) is 0.211. The Morgan fingerprint density at radius 3 is 2.77 bits per heavy atom. The fourth-order valence-electron chi connectivity index (χ4n) is 4.09. The fraction of sp³-hybridized carbons (Fsp3) is 0.292. The highest BCUT2D eigenvalue weighted by Crippen LogP contribution is 2.48. The van der Waals surface area contributed by atoms with Gasteiger partial charge in [0.15, 0.2) is 17.4 Å². The van der Waals surface area contributed by atoms with Crippen molar-refractivity contribution in [2.75, 3.05) is 17.9 Å². The molecule has 1 amide bonds. The molecule has 0 radical (unpaired) electrons. The molecule has 3 heterocycles. The van der Waals surface area contributed by atoms with Gasteiger partial charge in [0, 0.05) is 34.7 Å². The van der Waals surface area contributed by atoms with Gasteiger partial charge in [0.1, 0.15) is 11.3 Å². The zero-order valence-electron chi connectivity index (χ0n) is 18.4. The molecular formula is C24H20F2N4O4S. The molecule has 0 unspecified atom stereocenters. The van der Waals surface area contributed by atoms with Crippen molar-refractivity contribution in [3.63, 3.8) is 0 Å². The average molecular weight is 499 g/mol. The molecule has 6 rings (SSSR count). The minimum Gasteiger partial charge on any atom is -0.434 e. The first kappa shape index (κ1) is 22.1. The summed E-state index contributed by atoms with van der Waals surface area (Å²) >= 11 is 1.50. The molecule has 1 N–H and O–H groups in total. The number of amides is 1. The predicted molar refractivity (Wildman–Crippen MR) is 123 cm³/mol. The van der Waals surface area contributed by atoms with E-state index < -0.39 is 23.3 Å². The van der Waals surface area contributed by atoms with Crippen molar-refractivity contribution in [1.29, 1.82) is 0 Å². The van der Waals surface area contributed by atoms with E-state index in [2.05, 4.69) is 14.9 Å². The number of halogens is 2. The highest BCUT2D eigenvalue weighted by Gasteiger charge is 2.54. The molecule has 1 aliphatic carbocycles. The van der Waals surface area contributed by atoms with E-state index in [9.17, 15) is 4.79 Å². The maximum atomic E-state index is 15.2. The number of benzene rings is 2. The van der Waals surface area contributed by atoms with Crippen LogP contribution in [0.2, 0.25) is 0 Å². The van der Waals surface area contributed by atoms with Crippen molar-refractivity contribution in [3.05, 3.63) is 71.4 Å². The Morgan fingerprint density at radius 1 is 1.20 bits per heavy atom. The van der Waals surface area contributed by atoms with Gasteiger partial charge in [-0.1, -0.05) is 12.1 Å². The second-order valence-electron chi connectivity index (χ2n) is 8.62. The standard InChI is InChI=1S/C24H20F2N4O4S/c25-17-9-16-19(10-20(17)33-21-5-2-8-27-28-21)34-23(31)30(24(16)12-32-13-24)11-14-3-1-4-18(22(14)26)29-35-15-6-7-15/h1-5,8-10,15,29H,6-7,11-13H2. The lowest BCUT2D eigenvalue weighted by molar-refractivity contribution is -0.143. The molecule has 0 bridgehead atoms. The predicted octanol–water partition coefficient (Wildman–Crippen LogP) is 5.01. The molecule has 2 fully saturated rings. The number of fused-ring (bicyclic) bond motifs is 2. The van der Waals surface area contributed by atoms with Gasteiger partial charge in [0.25, 0.3) is 0 Å². The van der Waals surface area contributed by atoms with Crippen LogP contribution in [0.25, 0.3) is 0 Å².